The second kappa shape index (κ2) is 10.7. The van der Waals surface area contributed by atoms with Gasteiger partial charge >= 0.3 is 0 Å². The van der Waals surface area contributed by atoms with Crippen molar-refractivity contribution in [3.63, 3.8) is 0 Å². The minimum atomic E-state index is 0.459. The second-order valence-electron chi connectivity index (χ2n) is 8.70. The van der Waals surface area contributed by atoms with Crippen LogP contribution in [0.15, 0.2) is 53.5 Å². The van der Waals surface area contributed by atoms with Gasteiger partial charge in [0.05, 0.1) is 13.7 Å². The summed E-state index contributed by atoms with van der Waals surface area (Å²) in [5.41, 5.74) is 2.55. The van der Waals surface area contributed by atoms with Gasteiger partial charge in [-0.2, -0.15) is 0 Å². The predicted molar refractivity (Wildman–Crippen MR) is 129 cm³/mol. The first kappa shape index (κ1) is 22.5. The predicted octanol–water partition coefficient (Wildman–Crippen LogP) is 3.95. The Morgan fingerprint density at radius 3 is 2.44 bits per heavy atom. The highest BCUT2D eigenvalue weighted by Gasteiger charge is 2.40. The molecule has 0 aliphatic carbocycles. The number of aliphatic imine (C=N–C) groups is 1. The minimum Gasteiger partial charge on any atom is -0.493 e. The van der Waals surface area contributed by atoms with Crippen molar-refractivity contribution in [2.75, 3.05) is 20.8 Å². The van der Waals surface area contributed by atoms with Crippen LogP contribution >= 0.6 is 0 Å². The molecule has 2 aliphatic rings. The number of nitrogens with zero attached hydrogens (tertiary/aromatic N) is 2. The molecule has 2 aromatic rings. The largest absolute Gasteiger partial charge is 0.493 e. The van der Waals surface area contributed by atoms with Crippen molar-refractivity contribution >= 4 is 5.96 Å². The van der Waals surface area contributed by atoms with E-state index in [2.05, 4.69) is 56.9 Å². The van der Waals surface area contributed by atoms with Crippen LogP contribution in [0, 0.1) is 0 Å². The number of ether oxygens (including phenoxy) is 2. The number of hydrogen-bond donors (Lipinski definition) is 2. The van der Waals surface area contributed by atoms with Gasteiger partial charge in [0.1, 0.15) is 0 Å². The molecule has 2 fully saturated rings. The number of piperidine rings is 1. The maximum Gasteiger partial charge on any atom is 0.191 e. The number of guanidine groups is 1. The minimum absolute atomic E-state index is 0.459. The van der Waals surface area contributed by atoms with Crippen molar-refractivity contribution in [2.24, 2.45) is 4.99 Å². The van der Waals surface area contributed by atoms with E-state index in [-0.39, 0.29) is 0 Å². The Hall–Kier alpha value is -2.73. The van der Waals surface area contributed by atoms with Crippen LogP contribution in [0.5, 0.6) is 11.5 Å². The van der Waals surface area contributed by atoms with Crippen LogP contribution in [-0.4, -0.2) is 49.7 Å². The molecule has 2 aliphatic heterocycles. The average Bonchev–Trinajstić information content (AvgIpc) is 3.04. The lowest BCUT2D eigenvalue weighted by molar-refractivity contribution is 0.114. The molecule has 2 heterocycles. The van der Waals surface area contributed by atoms with E-state index < -0.39 is 0 Å². The zero-order valence-corrected chi connectivity index (χ0v) is 19.5. The van der Waals surface area contributed by atoms with E-state index in [0.29, 0.717) is 31.3 Å². The molecule has 172 valence electrons. The molecular weight excluding hydrogens is 400 g/mol. The molecule has 2 N–H and O–H groups in total. The fourth-order valence-electron chi connectivity index (χ4n) is 5.12. The van der Waals surface area contributed by atoms with Crippen LogP contribution in [0.1, 0.15) is 43.7 Å². The van der Waals surface area contributed by atoms with Crippen LogP contribution in [0.25, 0.3) is 0 Å². The van der Waals surface area contributed by atoms with Crippen molar-refractivity contribution in [3.8, 4) is 11.5 Å². The van der Waals surface area contributed by atoms with E-state index in [1.165, 1.54) is 31.2 Å². The van der Waals surface area contributed by atoms with E-state index in [4.69, 9.17) is 9.47 Å². The second-order valence-corrected chi connectivity index (χ2v) is 8.70. The molecule has 0 spiro atoms. The molecule has 0 aromatic heterocycles. The molecule has 2 aromatic carbocycles. The molecule has 0 radical (unpaired) electrons. The number of nitrogens with one attached hydrogen (secondary N) is 2. The van der Waals surface area contributed by atoms with Crippen molar-refractivity contribution in [1.82, 2.24) is 15.5 Å². The first-order valence-corrected chi connectivity index (χ1v) is 11.8. The third-order valence-corrected chi connectivity index (χ3v) is 6.64. The number of hydrogen-bond acceptors (Lipinski definition) is 4. The van der Waals surface area contributed by atoms with Crippen LogP contribution in [0.2, 0.25) is 0 Å². The molecule has 32 heavy (non-hydrogen) atoms. The number of benzene rings is 2. The van der Waals surface area contributed by atoms with Crippen LogP contribution < -0.4 is 20.1 Å². The van der Waals surface area contributed by atoms with Gasteiger partial charge in [0.2, 0.25) is 0 Å². The Kier molecular flexibility index (Phi) is 7.53. The van der Waals surface area contributed by atoms with Gasteiger partial charge in [0.15, 0.2) is 17.5 Å². The molecule has 2 saturated heterocycles. The van der Waals surface area contributed by atoms with Gasteiger partial charge in [-0.15, -0.1) is 0 Å². The van der Waals surface area contributed by atoms with Crippen molar-refractivity contribution < 1.29 is 9.47 Å². The van der Waals surface area contributed by atoms with E-state index in [1.807, 2.05) is 26.1 Å². The molecule has 0 amide bonds. The van der Waals surface area contributed by atoms with Gasteiger partial charge in [-0.25, -0.2) is 0 Å². The Labute approximate surface area is 192 Å². The topological polar surface area (TPSA) is 58.1 Å². The molecule has 6 nitrogen and oxygen atoms in total. The molecule has 4 rings (SSSR count). The third-order valence-electron chi connectivity index (χ3n) is 6.64. The summed E-state index contributed by atoms with van der Waals surface area (Å²) < 4.78 is 11.1. The Morgan fingerprint density at radius 1 is 1.03 bits per heavy atom. The summed E-state index contributed by atoms with van der Waals surface area (Å²) in [7, 11) is 3.51. The quantitative estimate of drug-likeness (QED) is 0.485. The molecule has 0 saturated carbocycles. The lowest BCUT2D eigenvalue weighted by Crippen LogP contribution is -2.52. The smallest absolute Gasteiger partial charge is 0.191 e. The van der Waals surface area contributed by atoms with Gasteiger partial charge in [-0.3, -0.25) is 9.89 Å². The number of rotatable bonds is 8. The van der Waals surface area contributed by atoms with Crippen molar-refractivity contribution in [2.45, 2.75) is 63.8 Å². The number of fused-ring (bicyclic) bond motifs is 2. The van der Waals surface area contributed by atoms with Gasteiger partial charge < -0.3 is 20.1 Å². The van der Waals surface area contributed by atoms with Gasteiger partial charge in [0, 0.05) is 38.3 Å². The first-order valence-electron chi connectivity index (χ1n) is 11.8. The molecule has 6 heteroatoms. The third kappa shape index (κ3) is 5.36. The molecule has 2 bridgehead atoms. The zero-order chi connectivity index (χ0) is 22.3. The van der Waals surface area contributed by atoms with Crippen LogP contribution in [-0.2, 0) is 13.1 Å². The van der Waals surface area contributed by atoms with Crippen LogP contribution in [0.3, 0.4) is 0 Å². The Bertz CT molecular complexity index is 888. The highest BCUT2D eigenvalue weighted by molar-refractivity contribution is 5.80. The normalized spacial score (nSPS) is 23.1. The average molecular weight is 437 g/mol. The monoisotopic (exact) mass is 436 g/mol. The maximum atomic E-state index is 5.70. The highest BCUT2D eigenvalue weighted by atomic mass is 16.5. The standard InChI is InChI=1S/C26H36N4O2/c1-4-32-25-14-20(10-13-24(25)31-3)17-28-26(27-2)29-21-15-22-11-12-23(16-21)30(22)18-19-8-6-5-7-9-19/h5-10,13-14,21-23H,4,11-12,15-18H2,1-3H3,(H2,27,28,29). The lowest BCUT2D eigenvalue weighted by Gasteiger charge is -2.39. The highest BCUT2D eigenvalue weighted by Crippen LogP contribution is 2.36. The summed E-state index contributed by atoms with van der Waals surface area (Å²) in [6.07, 6.45) is 4.93. The first-order chi connectivity index (χ1) is 15.7. The summed E-state index contributed by atoms with van der Waals surface area (Å²) >= 11 is 0. The molecule has 2 atom stereocenters. The van der Waals surface area contributed by atoms with E-state index in [9.17, 15) is 0 Å². The summed E-state index contributed by atoms with van der Waals surface area (Å²) in [6, 6.07) is 18.7. The number of methoxy groups -OCH3 is 1. The maximum absolute atomic E-state index is 5.70. The molecular formula is C26H36N4O2. The lowest BCUT2D eigenvalue weighted by atomic mass is 9.96. The summed E-state index contributed by atoms with van der Waals surface area (Å²) in [6.45, 7) is 4.34. The van der Waals surface area contributed by atoms with Crippen LogP contribution in [0.4, 0.5) is 0 Å². The fraction of sp³-hybridized carbons (Fsp3) is 0.500. The van der Waals surface area contributed by atoms with E-state index in [1.54, 1.807) is 7.11 Å². The van der Waals surface area contributed by atoms with Gasteiger partial charge in [-0.05, 0) is 55.9 Å². The zero-order valence-electron chi connectivity index (χ0n) is 19.5. The summed E-state index contributed by atoms with van der Waals surface area (Å²) in [4.78, 5) is 7.19. The van der Waals surface area contributed by atoms with Gasteiger partial charge in [0.25, 0.3) is 0 Å². The Morgan fingerprint density at radius 2 is 1.78 bits per heavy atom. The van der Waals surface area contributed by atoms with Crippen molar-refractivity contribution in [3.05, 3.63) is 59.7 Å². The summed E-state index contributed by atoms with van der Waals surface area (Å²) in [5, 5.41) is 7.15. The fourth-order valence-corrected chi connectivity index (χ4v) is 5.12. The van der Waals surface area contributed by atoms with Crippen molar-refractivity contribution in [1.29, 1.82) is 0 Å². The Balaban J connectivity index is 1.31. The van der Waals surface area contributed by atoms with Gasteiger partial charge in [-0.1, -0.05) is 36.4 Å². The molecule has 2 unspecified atom stereocenters. The SMILES string of the molecule is CCOc1cc(CNC(=NC)NC2CC3CCC(C2)N3Cc2ccccc2)ccc1OC. The van der Waals surface area contributed by atoms with E-state index >= 15 is 0 Å². The van der Waals surface area contributed by atoms with E-state index in [0.717, 1.165) is 29.6 Å². The summed E-state index contributed by atoms with van der Waals surface area (Å²) in [5.74, 6) is 2.40.